The first kappa shape index (κ1) is 11.7. The van der Waals surface area contributed by atoms with Crippen LogP contribution in [0.1, 0.15) is 20.8 Å². The summed E-state index contributed by atoms with van der Waals surface area (Å²) in [5.74, 6) is 1.70. The largest absolute Gasteiger partial charge is 0.494 e. The molecule has 0 heterocycles. The fourth-order valence-electron chi connectivity index (χ4n) is 1.37. The van der Waals surface area contributed by atoms with Crippen LogP contribution in [0.3, 0.4) is 0 Å². The summed E-state index contributed by atoms with van der Waals surface area (Å²) in [4.78, 5) is 0. The summed E-state index contributed by atoms with van der Waals surface area (Å²) < 4.78 is 11.0. The Balaban J connectivity index is 2.87. The van der Waals surface area contributed by atoms with E-state index in [4.69, 9.17) is 9.47 Å². The van der Waals surface area contributed by atoms with E-state index >= 15 is 0 Å². The number of anilines is 1. The fraction of sp³-hybridized carbons (Fsp3) is 0.500. The molecule has 0 unspecified atom stereocenters. The Labute approximate surface area is 91.4 Å². The first-order valence-electron chi connectivity index (χ1n) is 5.45. The van der Waals surface area contributed by atoms with E-state index in [2.05, 4.69) is 12.2 Å². The van der Waals surface area contributed by atoms with Gasteiger partial charge in [0.05, 0.1) is 18.9 Å². The van der Waals surface area contributed by atoms with E-state index in [1.54, 1.807) is 0 Å². The number of benzene rings is 1. The van der Waals surface area contributed by atoms with Gasteiger partial charge in [-0.05, 0) is 32.9 Å². The van der Waals surface area contributed by atoms with Crippen LogP contribution in [-0.2, 0) is 0 Å². The van der Waals surface area contributed by atoms with Crippen molar-refractivity contribution in [3.05, 3.63) is 18.2 Å². The van der Waals surface area contributed by atoms with Crippen LogP contribution in [0.25, 0.3) is 0 Å². The second kappa shape index (κ2) is 6.17. The highest BCUT2D eigenvalue weighted by molar-refractivity contribution is 5.59. The molecule has 0 aliphatic heterocycles. The van der Waals surface area contributed by atoms with E-state index in [0.717, 1.165) is 23.7 Å². The minimum atomic E-state index is 0.661. The van der Waals surface area contributed by atoms with Crippen molar-refractivity contribution in [3.63, 3.8) is 0 Å². The third-order valence-electron chi connectivity index (χ3n) is 1.93. The van der Waals surface area contributed by atoms with E-state index in [1.807, 2.05) is 32.0 Å². The average molecular weight is 209 g/mol. The highest BCUT2D eigenvalue weighted by Crippen LogP contribution is 2.29. The van der Waals surface area contributed by atoms with E-state index in [-0.39, 0.29) is 0 Å². The number of hydrogen-bond acceptors (Lipinski definition) is 3. The van der Waals surface area contributed by atoms with Crippen molar-refractivity contribution in [1.82, 2.24) is 0 Å². The SMILES string of the molecule is CCNc1ccc(OCC)cc1OCC. The minimum absolute atomic E-state index is 0.661. The Morgan fingerprint density at radius 1 is 1.07 bits per heavy atom. The van der Waals surface area contributed by atoms with Crippen molar-refractivity contribution in [3.8, 4) is 11.5 Å². The van der Waals surface area contributed by atoms with Gasteiger partial charge in [0.2, 0.25) is 0 Å². The average Bonchev–Trinajstić information content (AvgIpc) is 2.23. The molecular formula is C12H19NO2. The Morgan fingerprint density at radius 3 is 2.40 bits per heavy atom. The number of hydrogen-bond donors (Lipinski definition) is 1. The lowest BCUT2D eigenvalue weighted by molar-refractivity contribution is 0.324. The molecule has 3 heteroatoms. The highest BCUT2D eigenvalue weighted by atomic mass is 16.5. The lowest BCUT2D eigenvalue weighted by atomic mass is 10.2. The van der Waals surface area contributed by atoms with E-state index in [1.165, 1.54) is 0 Å². The van der Waals surface area contributed by atoms with Gasteiger partial charge in [0.15, 0.2) is 0 Å². The van der Waals surface area contributed by atoms with Gasteiger partial charge in [-0.25, -0.2) is 0 Å². The van der Waals surface area contributed by atoms with Crippen LogP contribution in [0.5, 0.6) is 11.5 Å². The summed E-state index contributed by atoms with van der Waals surface area (Å²) in [5, 5.41) is 3.25. The van der Waals surface area contributed by atoms with Gasteiger partial charge in [0.25, 0.3) is 0 Å². The maximum absolute atomic E-state index is 5.53. The Hall–Kier alpha value is -1.38. The second-order valence-corrected chi connectivity index (χ2v) is 3.05. The summed E-state index contributed by atoms with van der Waals surface area (Å²) in [7, 11) is 0. The van der Waals surface area contributed by atoms with E-state index in [0.29, 0.717) is 13.2 Å². The van der Waals surface area contributed by atoms with Gasteiger partial charge in [-0.3, -0.25) is 0 Å². The summed E-state index contributed by atoms with van der Waals surface area (Å²) in [6.07, 6.45) is 0. The first-order valence-corrected chi connectivity index (χ1v) is 5.45. The predicted molar refractivity (Wildman–Crippen MR) is 62.9 cm³/mol. The number of ether oxygens (including phenoxy) is 2. The van der Waals surface area contributed by atoms with Crippen molar-refractivity contribution in [2.24, 2.45) is 0 Å². The van der Waals surface area contributed by atoms with Gasteiger partial charge in [-0.2, -0.15) is 0 Å². The summed E-state index contributed by atoms with van der Waals surface area (Å²) in [6, 6.07) is 5.86. The van der Waals surface area contributed by atoms with Crippen molar-refractivity contribution < 1.29 is 9.47 Å². The topological polar surface area (TPSA) is 30.5 Å². The first-order chi connectivity index (χ1) is 7.31. The van der Waals surface area contributed by atoms with E-state index in [9.17, 15) is 0 Å². The molecule has 3 nitrogen and oxygen atoms in total. The molecule has 0 fully saturated rings. The van der Waals surface area contributed by atoms with Crippen molar-refractivity contribution in [2.45, 2.75) is 20.8 Å². The molecule has 84 valence electrons. The molecule has 0 aromatic heterocycles. The molecule has 0 radical (unpaired) electrons. The lowest BCUT2D eigenvalue weighted by Gasteiger charge is -2.12. The molecular weight excluding hydrogens is 190 g/mol. The van der Waals surface area contributed by atoms with Crippen molar-refractivity contribution in [1.29, 1.82) is 0 Å². The smallest absolute Gasteiger partial charge is 0.146 e. The second-order valence-electron chi connectivity index (χ2n) is 3.05. The van der Waals surface area contributed by atoms with Gasteiger partial charge in [0, 0.05) is 12.6 Å². The standard InChI is InChI=1S/C12H19NO2/c1-4-13-11-8-7-10(14-5-2)9-12(11)15-6-3/h7-9,13H,4-6H2,1-3H3. The van der Waals surface area contributed by atoms with Crippen LogP contribution in [0.15, 0.2) is 18.2 Å². The minimum Gasteiger partial charge on any atom is -0.494 e. The number of nitrogens with one attached hydrogen (secondary N) is 1. The molecule has 1 aromatic rings. The Bertz CT molecular complexity index is 300. The van der Waals surface area contributed by atoms with Crippen LogP contribution in [0.2, 0.25) is 0 Å². The van der Waals surface area contributed by atoms with Gasteiger partial charge in [-0.1, -0.05) is 0 Å². The van der Waals surface area contributed by atoms with Crippen molar-refractivity contribution in [2.75, 3.05) is 25.1 Å². The molecule has 0 spiro atoms. The summed E-state index contributed by atoms with van der Waals surface area (Å²) in [6.45, 7) is 8.22. The molecule has 0 aliphatic rings. The molecule has 1 rings (SSSR count). The quantitative estimate of drug-likeness (QED) is 0.781. The Morgan fingerprint density at radius 2 is 1.80 bits per heavy atom. The monoisotopic (exact) mass is 209 g/mol. The summed E-state index contributed by atoms with van der Waals surface area (Å²) >= 11 is 0. The Kier molecular flexibility index (Phi) is 4.81. The van der Waals surface area contributed by atoms with Gasteiger partial charge in [-0.15, -0.1) is 0 Å². The third-order valence-corrected chi connectivity index (χ3v) is 1.93. The van der Waals surface area contributed by atoms with Crippen LogP contribution < -0.4 is 14.8 Å². The number of rotatable bonds is 6. The molecule has 1 aromatic carbocycles. The van der Waals surface area contributed by atoms with Gasteiger partial charge in [0.1, 0.15) is 11.5 Å². The highest BCUT2D eigenvalue weighted by Gasteiger charge is 2.04. The van der Waals surface area contributed by atoms with Crippen LogP contribution >= 0.6 is 0 Å². The third kappa shape index (κ3) is 3.35. The normalized spacial score (nSPS) is 9.80. The zero-order valence-corrected chi connectivity index (χ0v) is 9.67. The maximum Gasteiger partial charge on any atom is 0.146 e. The zero-order valence-electron chi connectivity index (χ0n) is 9.67. The molecule has 1 N–H and O–H groups in total. The molecule has 0 atom stereocenters. The molecule has 0 aliphatic carbocycles. The van der Waals surface area contributed by atoms with Crippen LogP contribution in [-0.4, -0.2) is 19.8 Å². The molecule has 0 bridgehead atoms. The van der Waals surface area contributed by atoms with Gasteiger partial charge < -0.3 is 14.8 Å². The molecule has 0 amide bonds. The zero-order chi connectivity index (χ0) is 11.1. The predicted octanol–water partition coefficient (Wildman–Crippen LogP) is 2.92. The maximum atomic E-state index is 5.53. The lowest BCUT2D eigenvalue weighted by Crippen LogP contribution is -2.02. The van der Waals surface area contributed by atoms with Crippen molar-refractivity contribution >= 4 is 5.69 Å². The molecule has 0 saturated carbocycles. The van der Waals surface area contributed by atoms with Gasteiger partial charge >= 0.3 is 0 Å². The molecule has 15 heavy (non-hydrogen) atoms. The fourth-order valence-corrected chi connectivity index (χ4v) is 1.37. The van der Waals surface area contributed by atoms with Crippen LogP contribution in [0, 0.1) is 0 Å². The summed E-state index contributed by atoms with van der Waals surface area (Å²) in [5.41, 5.74) is 1.02. The molecule has 0 saturated heterocycles. The van der Waals surface area contributed by atoms with E-state index < -0.39 is 0 Å². The van der Waals surface area contributed by atoms with Crippen LogP contribution in [0.4, 0.5) is 5.69 Å².